The van der Waals surface area contributed by atoms with Gasteiger partial charge in [0.2, 0.25) is 0 Å². The maximum absolute atomic E-state index is 6.22. The van der Waals surface area contributed by atoms with Crippen LogP contribution in [0.15, 0.2) is 24.5 Å². The number of nitrogen functional groups attached to an aromatic ring is 1. The molecule has 0 aliphatic carbocycles. The molecule has 8 nitrogen and oxygen atoms in total. The molecular weight excluding hydrogens is 352 g/mol. The van der Waals surface area contributed by atoms with Crippen LogP contribution in [-0.4, -0.2) is 41.3 Å². The standard InChI is InChI=1S/C17H20N6O2S/c1-24-10-4-5-12-13(7-10)26-17(22-12)23-16-14(18)15(20-9-21-16)19-8-11-3-2-6-25-11/h4-5,7,9,11H,2-3,6,8,18H2,1H3,(H2,19,20,21,22,23). The van der Waals surface area contributed by atoms with Crippen LogP contribution in [-0.2, 0) is 4.74 Å². The summed E-state index contributed by atoms with van der Waals surface area (Å²) in [6.45, 7) is 1.50. The van der Waals surface area contributed by atoms with Crippen LogP contribution in [0.3, 0.4) is 0 Å². The molecule has 2 aromatic heterocycles. The van der Waals surface area contributed by atoms with Gasteiger partial charge in [0.1, 0.15) is 17.8 Å². The number of hydrogen-bond acceptors (Lipinski definition) is 9. The molecule has 3 heterocycles. The van der Waals surface area contributed by atoms with Crippen LogP contribution in [0.4, 0.5) is 22.5 Å². The minimum Gasteiger partial charge on any atom is -0.497 e. The van der Waals surface area contributed by atoms with E-state index < -0.39 is 0 Å². The summed E-state index contributed by atoms with van der Waals surface area (Å²) in [5, 5.41) is 7.15. The fourth-order valence-corrected chi connectivity index (χ4v) is 3.73. The van der Waals surface area contributed by atoms with Crippen molar-refractivity contribution in [2.75, 3.05) is 36.6 Å². The Bertz CT molecular complexity index is 909. The number of rotatable bonds is 6. The van der Waals surface area contributed by atoms with Gasteiger partial charge < -0.3 is 25.8 Å². The highest BCUT2D eigenvalue weighted by molar-refractivity contribution is 7.22. The van der Waals surface area contributed by atoms with E-state index in [1.54, 1.807) is 7.11 Å². The van der Waals surface area contributed by atoms with Crippen molar-refractivity contribution in [1.82, 2.24) is 15.0 Å². The van der Waals surface area contributed by atoms with Crippen LogP contribution in [0, 0.1) is 0 Å². The maximum atomic E-state index is 6.22. The van der Waals surface area contributed by atoms with E-state index >= 15 is 0 Å². The van der Waals surface area contributed by atoms with Crippen molar-refractivity contribution in [3.63, 3.8) is 0 Å². The molecule has 0 saturated carbocycles. The van der Waals surface area contributed by atoms with Gasteiger partial charge >= 0.3 is 0 Å². The van der Waals surface area contributed by atoms with E-state index in [0.29, 0.717) is 29.0 Å². The van der Waals surface area contributed by atoms with E-state index in [9.17, 15) is 0 Å². The summed E-state index contributed by atoms with van der Waals surface area (Å²) in [6.07, 6.45) is 3.84. The number of thiazole rings is 1. The molecule has 1 atom stereocenters. The fourth-order valence-electron chi connectivity index (χ4n) is 2.84. The first kappa shape index (κ1) is 16.8. The smallest absolute Gasteiger partial charge is 0.189 e. The van der Waals surface area contributed by atoms with Crippen molar-refractivity contribution in [3.8, 4) is 5.75 Å². The Balaban J connectivity index is 1.51. The van der Waals surface area contributed by atoms with Gasteiger partial charge in [-0.1, -0.05) is 11.3 Å². The number of nitrogens with one attached hydrogen (secondary N) is 2. The SMILES string of the molecule is COc1ccc2nc(Nc3ncnc(NCC4CCCO4)c3N)sc2c1. The monoisotopic (exact) mass is 372 g/mol. The average Bonchev–Trinajstić information content (AvgIpc) is 3.30. The molecular formula is C17H20N6O2S. The molecule has 1 saturated heterocycles. The van der Waals surface area contributed by atoms with Crippen LogP contribution in [0.5, 0.6) is 5.75 Å². The van der Waals surface area contributed by atoms with Gasteiger partial charge in [0, 0.05) is 13.2 Å². The van der Waals surface area contributed by atoms with Crippen molar-refractivity contribution in [2.45, 2.75) is 18.9 Å². The average molecular weight is 372 g/mol. The zero-order valence-corrected chi connectivity index (χ0v) is 15.2. The Labute approximate surface area is 154 Å². The van der Waals surface area contributed by atoms with Gasteiger partial charge in [-0.15, -0.1) is 0 Å². The lowest BCUT2D eigenvalue weighted by atomic mass is 10.2. The van der Waals surface area contributed by atoms with Gasteiger partial charge in [-0.2, -0.15) is 0 Å². The van der Waals surface area contributed by atoms with Gasteiger partial charge in [0.05, 0.1) is 23.4 Å². The molecule has 26 heavy (non-hydrogen) atoms. The molecule has 1 aliphatic rings. The third kappa shape index (κ3) is 3.49. The Morgan fingerprint density at radius 3 is 3.04 bits per heavy atom. The molecule has 136 valence electrons. The zero-order chi connectivity index (χ0) is 17.9. The largest absolute Gasteiger partial charge is 0.497 e. The number of hydrogen-bond donors (Lipinski definition) is 3. The Kier molecular flexibility index (Phi) is 4.72. The third-order valence-corrected chi connectivity index (χ3v) is 5.16. The fraction of sp³-hybridized carbons (Fsp3) is 0.353. The Morgan fingerprint density at radius 1 is 1.35 bits per heavy atom. The number of ether oxygens (including phenoxy) is 2. The Morgan fingerprint density at radius 2 is 2.23 bits per heavy atom. The van der Waals surface area contributed by atoms with Gasteiger partial charge in [-0.3, -0.25) is 0 Å². The summed E-state index contributed by atoms with van der Waals surface area (Å²) < 4.78 is 11.9. The molecule has 3 aromatic rings. The second kappa shape index (κ2) is 7.30. The summed E-state index contributed by atoms with van der Waals surface area (Å²) in [5.74, 6) is 1.93. The molecule has 4 rings (SSSR count). The first-order valence-corrected chi connectivity index (χ1v) is 9.22. The van der Waals surface area contributed by atoms with E-state index in [4.69, 9.17) is 15.2 Å². The number of benzene rings is 1. The van der Waals surface area contributed by atoms with Gasteiger partial charge in [0.25, 0.3) is 0 Å². The van der Waals surface area contributed by atoms with E-state index in [2.05, 4.69) is 25.6 Å². The van der Waals surface area contributed by atoms with Crippen LogP contribution < -0.4 is 21.1 Å². The summed E-state index contributed by atoms with van der Waals surface area (Å²) in [4.78, 5) is 13.0. The summed E-state index contributed by atoms with van der Waals surface area (Å²) in [5.41, 5.74) is 7.57. The molecule has 0 amide bonds. The predicted molar refractivity (Wildman–Crippen MR) is 103 cm³/mol. The quantitative estimate of drug-likeness (QED) is 0.606. The van der Waals surface area contributed by atoms with E-state index in [-0.39, 0.29) is 6.10 Å². The lowest BCUT2D eigenvalue weighted by molar-refractivity contribution is 0.120. The first-order valence-electron chi connectivity index (χ1n) is 8.40. The van der Waals surface area contributed by atoms with Crippen molar-refractivity contribution < 1.29 is 9.47 Å². The van der Waals surface area contributed by atoms with Crippen LogP contribution in [0.1, 0.15) is 12.8 Å². The molecule has 0 spiro atoms. The summed E-state index contributed by atoms with van der Waals surface area (Å²) in [7, 11) is 1.65. The van der Waals surface area contributed by atoms with Gasteiger partial charge in [0.15, 0.2) is 16.8 Å². The van der Waals surface area contributed by atoms with Crippen LogP contribution in [0.25, 0.3) is 10.2 Å². The molecule has 4 N–H and O–H groups in total. The number of fused-ring (bicyclic) bond motifs is 1. The molecule has 1 aromatic carbocycles. The first-order chi connectivity index (χ1) is 12.7. The number of nitrogens with zero attached hydrogens (tertiary/aromatic N) is 3. The van der Waals surface area contributed by atoms with Gasteiger partial charge in [-0.25, -0.2) is 15.0 Å². The summed E-state index contributed by atoms with van der Waals surface area (Å²) >= 11 is 1.51. The predicted octanol–water partition coefficient (Wildman–Crippen LogP) is 3.01. The highest BCUT2D eigenvalue weighted by Crippen LogP contribution is 2.32. The summed E-state index contributed by atoms with van der Waals surface area (Å²) in [6, 6.07) is 5.77. The third-order valence-electron chi connectivity index (χ3n) is 4.23. The van der Waals surface area contributed by atoms with Crippen molar-refractivity contribution in [3.05, 3.63) is 24.5 Å². The van der Waals surface area contributed by atoms with Crippen molar-refractivity contribution >= 4 is 44.0 Å². The second-order valence-electron chi connectivity index (χ2n) is 5.98. The number of nitrogens with two attached hydrogens (primary N) is 1. The molecule has 0 bridgehead atoms. The van der Waals surface area contributed by atoms with Crippen molar-refractivity contribution in [1.29, 1.82) is 0 Å². The topological polar surface area (TPSA) is 107 Å². The highest BCUT2D eigenvalue weighted by Gasteiger charge is 2.17. The molecule has 1 aliphatic heterocycles. The number of methoxy groups -OCH3 is 1. The molecule has 0 radical (unpaired) electrons. The van der Waals surface area contributed by atoms with E-state index in [1.807, 2.05) is 18.2 Å². The van der Waals surface area contributed by atoms with Crippen LogP contribution in [0.2, 0.25) is 0 Å². The minimum absolute atomic E-state index is 0.208. The Hall–Kier alpha value is -2.65. The highest BCUT2D eigenvalue weighted by atomic mass is 32.1. The maximum Gasteiger partial charge on any atom is 0.189 e. The second-order valence-corrected chi connectivity index (χ2v) is 7.01. The van der Waals surface area contributed by atoms with Gasteiger partial charge in [-0.05, 0) is 31.0 Å². The van der Waals surface area contributed by atoms with Crippen molar-refractivity contribution in [2.24, 2.45) is 0 Å². The minimum atomic E-state index is 0.208. The number of anilines is 4. The molecule has 1 unspecified atom stereocenters. The molecule has 1 fully saturated rings. The van der Waals surface area contributed by atoms with E-state index in [1.165, 1.54) is 17.7 Å². The zero-order valence-electron chi connectivity index (χ0n) is 14.4. The van der Waals surface area contributed by atoms with Crippen LogP contribution >= 0.6 is 11.3 Å². The van der Waals surface area contributed by atoms with E-state index in [0.717, 1.165) is 35.4 Å². The lowest BCUT2D eigenvalue weighted by Gasteiger charge is -2.14. The number of aromatic nitrogens is 3. The molecule has 9 heteroatoms. The normalized spacial score (nSPS) is 16.7. The lowest BCUT2D eigenvalue weighted by Crippen LogP contribution is -2.20.